The van der Waals surface area contributed by atoms with Crippen molar-refractivity contribution in [2.75, 3.05) is 0 Å². The maximum Gasteiger partial charge on any atom is 3.00 e. The summed E-state index contributed by atoms with van der Waals surface area (Å²) in [6, 6.07) is 0. The van der Waals surface area contributed by atoms with Gasteiger partial charge < -0.3 is 22.3 Å². The van der Waals surface area contributed by atoms with Crippen LogP contribution < -0.4 is 0 Å². The van der Waals surface area contributed by atoms with Gasteiger partial charge in [0.2, 0.25) is 0 Å². The predicted molar refractivity (Wildman–Crippen MR) is 19.2 cm³/mol. The van der Waals surface area contributed by atoms with Gasteiger partial charge in [0, 0.05) is 0 Å². The van der Waals surface area contributed by atoms with E-state index in [-0.39, 0.29) is 48.5 Å². The summed E-state index contributed by atoms with van der Waals surface area (Å²) in [5.41, 5.74) is 0. The van der Waals surface area contributed by atoms with Crippen molar-refractivity contribution in [1.29, 1.82) is 0 Å². The third-order valence-corrected chi connectivity index (χ3v) is 0. The van der Waals surface area contributed by atoms with Crippen molar-refractivity contribution < 1.29 is 26.2 Å². The molecule has 0 rings (SSSR count). The molecule has 0 amide bonds. The van der Waals surface area contributed by atoms with E-state index in [1.165, 1.54) is 0 Å². The third kappa shape index (κ3) is 13.1. The van der Waals surface area contributed by atoms with Crippen LogP contribution in [0.25, 0.3) is 0 Å². The van der Waals surface area contributed by atoms with Crippen LogP contribution in [0.4, 0.5) is 0 Å². The van der Waals surface area contributed by atoms with Gasteiger partial charge in [-0.15, -0.1) is 0 Å². The zero-order chi connectivity index (χ0) is 0. The summed E-state index contributed by atoms with van der Waals surface area (Å²) in [5, 5.41) is 0. The quantitative estimate of drug-likeness (QED) is 0.441. The van der Waals surface area contributed by atoms with E-state index in [9.17, 15) is 0 Å². The summed E-state index contributed by atoms with van der Waals surface area (Å²) in [6.07, 6.45) is 0. The summed E-state index contributed by atoms with van der Waals surface area (Å²) in [5.74, 6) is 0. The second-order valence-corrected chi connectivity index (χ2v) is 0. The maximum atomic E-state index is 0. The van der Waals surface area contributed by atoms with Crippen molar-refractivity contribution in [2.24, 2.45) is 0 Å². The normalized spacial score (nSPS) is 0. The monoisotopic (exact) mass is 135 g/mol. The summed E-state index contributed by atoms with van der Waals surface area (Å²) in [7, 11) is 0. The Hall–Kier alpha value is 0.883. The molecule has 0 unspecified atom stereocenters. The Morgan fingerprint density at radius 1 is 0.500 bits per heavy atom. The van der Waals surface area contributed by atoms with E-state index in [4.69, 9.17) is 0 Å². The van der Waals surface area contributed by atoms with Crippen molar-refractivity contribution >= 4 is 0 Å². The molecule has 0 aliphatic rings. The molecule has 4 heavy (non-hydrogen) atoms. The molecule has 0 aromatic rings. The smallest absolute Gasteiger partial charge is 0.358 e. The summed E-state index contributed by atoms with van der Waals surface area (Å²) >= 11 is 0. The van der Waals surface area contributed by atoms with Crippen molar-refractivity contribution in [3.8, 4) is 0 Å². The fraction of sp³-hybridized carbons (Fsp3) is 0. The molecular weight excluding hydrogens is 127 g/mol. The summed E-state index contributed by atoms with van der Waals surface area (Å²) in [6.45, 7) is 0. The van der Waals surface area contributed by atoms with Crippen LogP contribution in [-0.2, 0) is 26.2 Å². The molecule has 1 radical (unpaired) electrons. The van der Waals surface area contributed by atoms with Gasteiger partial charge in [-0.3, -0.25) is 0 Å². The van der Waals surface area contributed by atoms with Crippen molar-refractivity contribution in [1.82, 2.24) is 0 Å². The van der Waals surface area contributed by atoms with Crippen LogP contribution >= 0.6 is 0 Å². The molecule has 0 saturated carbocycles. The SMILES string of the molecule is [CH3-].[CH3-].[CH3-].[Zr+3]. The fourth-order valence-electron chi connectivity index (χ4n) is 0. The van der Waals surface area contributed by atoms with E-state index in [1.54, 1.807) is 0 Å². The number of hydrogen-bond acceptors (Lipinski definition) is 0. The molecule has 0 aromatic carbocycles. The second-order valence-electron chi connectivity index (χ2n) is 0. The van der Waals surface area contributed by atoms with E-state index >= 15 is 0 Å². The van der Waals surface area contributed by atoms with Crippen molar-refractivity contribution in [3.05, 3.63) is 22.3 Å². The fourth-order valence-corrected chi connectivity index (χ4v) is 0. The number of hydrogen-bond donors (Lipinski definition) is 0. The Morgan fingerprint density at radius 2 is 0.500 bits per heavy atom. The van der Waals surface area contributed by atoms with Crippen LogP contribution in [-0.4, -0.2) is 0 Å². The first-order valence-corrected chi connectivity index (χ1v) is 0. The molecule has 0 fully saturated rings. The molecule has 0 N–H and O–H groups in total. The molecule has 0 heterocycles. The molecule has 0 aliphatic heterocycles. The van der Waals surface area contributed by atoms with Gasteiger partial charge in [0.05, 0.1) is 0 Å². The first kappa shape index (κ1) is 94.4. The minimum absolute atomic E-state index is 0. The van der Waals surface area contributed by atoms with Gasteiger partial charge in [0.1, 0.15) is 0 Å². The summed E-state index contributed by atoms with van der Waals surface area (Å²) < 4.78 is 0. The van der Waals surface area contributed by atoms with E-state index in [0.717, 1.165) is 0 Å². The van der Waals surface area contributed by atoms with Crippen LogP contribution in [0.5, 0.6) is 0 Å². The van der Waals surface area contributed by atoms with Crippen LogP contribution in [0.1, 0.15) is 0 Å². The summed E-state index contributed by atoms with van der Waals surface area (Å²) in [4.78, 5) is 0. The molecule has 25 valence electrons. The van der Waals surface area contributed by atoms with Crippen LogP contribution in [0, 0.1) is 22.3 Å². The average Bonchev–Trinajstić information content (AvgIpc) is 0. The van der Waals surface area contributed by atoms with Gasteiger partial charge in [0.15, 0.2) is 0 Å². The van der Waals surface area contributed by atoms with E-state index in [0.29, 0.717) is 0 Å². The number of rotatable bonds is 0. The predicted octanol–water partition coefficient (Wildman–Crippen LogP) is 1.35. The standard InChI is InChI=1S/3CH3.Zr/h3*1H3;/q3*-1;+3. The molecule has 0 spiro atoms. The Labute approximate surface area is 48.7 Å². The van der Waals surface area contributed by atoms with Crippen LogP contribution in [0.3, 0.4) is 0 Å². The van der Waals surface area contributed by atoms with Gasteiger partial charge >= 0.3 is 26.2 Å². The van der Waals surface area contributed by atoms with E-state index in [1.807, 2.05) is 0 Å². The molecule has 0 saturated heterocycles. The van der Waals surface area contributed by atoms with Crippen molar-refractivity contribution in [2.45, 2.75) is 0 Å². The van der Waals surface area contributed by atoms with Crippen LogP contribution in [0.2, 0.25) is 0 Å². The van der Waals surface area contributed by atoms with Gasteiger partial charge in [-0.05, 0) is 0 Å². The maximum absolute atomic E-state index is 0. The largest absolute Gasteiger partial charge is 3.00 e. The van der Waals surface area contributed by atoms with E-state index < -0.39 is 0 Å². The molecule has 1 heteroatoms. The first-order chi connectivity index (χ1) is 0. The minimum Gasteiger partial charge on any atom is -0.358 e. The van der Waals surface area contributed by atoms with Crippen LogP contribution in [0.15, 0.2) is 0 Å². The van der Waals surface area contributed by atoms with E-state index in [2.05, 4.69) is 0 Å². The molecule has 0 bridgehead atoms. The van der Waals surface area contributed by atoms with Gasteiger partial charge in [-0.1, -0.05) is 0 Å². The Bertz CT molecular complexity index is 3.25. The zero-order valence-electron chi connectivity index (χ0n) is 3.50. The van der Waals surface area contributed by atoms with Crippen molar-refractivity contribution in [3.63, 3.8) is 0 Å². The molecule has 0 aromatic heterocycles. The van der Waals surface area contributed by atoms with Gasteiger partial charge in [-0.2, -0.15) is 0 Å². The third-order valence-electron chi connectivity index (χ3n) is 0. The molecule has 0 atom stereocenters. The second kappa shape index (κ2) is 41.4. The Balaban J connectivity index is 0. The Kier molecular flexibility index (Phi) is 977. The Morgan fingerprint density at radius 3 is 0.500 bits per heavy atom. The van der Waals surface area contributed by atoms with Gasteiger partial charge in [-0.25, -0.2) is 0 Å². The van der Waals surface area contributed by atoms with Gasteiger partial charge in [0.25, 0.3) is 0 Å². The molecule has 0 nitrogen and oxygen atoms in total. The first-order valence-electron chi connectivity index (χ1n) is 0. The topological polar surface area (TPSA) is 0 Å². The molecule has 0 aliphatic carbocycles. The average molecular weight is 136 g/mol. The molecular formula is C3H9Zr. The minimum atomic E-state index is 0. The zero-order valence-corrected chi connectivity index (χ0v) is 5.96.